The van der Waals surface area contributed by atoms with Gasteiger partial charge in [0.25, 0.3) is 0 Å². The predicted octanol–water partition coefficient (Wildman–Crippen LogP) is 2.55. The molecule has 0 atom stereocenters. The molecule has 0 amide bonds. The summed E-state index contributed by atoms with van der Waals surface area (Å²) < 4.78 is 5.41. The molecule has 0 saturated heterocycles. The first-order chi connectivity index (χ1) is 9.08. The Balaban J connectivity index is 2.12. The first-order valence-corrected chi connectivity index (χ1v) is 6.30. The molecular formula is C13H19N5O. The van der Waals surface area contributed by atoms with Gasteiger partial charge < -0.3 is 15.1 Å². The Morgan fingerprint density at radius 3 is 2.58 bits per heavy atom. The Labute approximate surface area is 112 Å². The van der Waals surface area contributed by atoms with E-state index in [1.165, 1.54) is 0 Å². The van der Waals surface area contributed by atoms with Gasteiger partial charge in [-0.1, -0.05) is 13.8 Å². The number of nitrogens with one attached hydrogen (secondary N) is 2. The minimum absolute atomic E-state index is 0.276. The maximum absolute atomic E-state index is 5.41. The molecule has 0 unspecified atom stereocenters. The summed E-state index contributed by atoms with van der Waals surface area (Å²) in [6.07, 6.45) is 1.70. The van der Waals surface area contributed by atoms with Gasteiger partial charge in [-0.2, -0.15) is 0 Å². The zero-order valence-electron chi connectivity index (χ0n) is 11.7. The van der Waals surface area contributed by atoms with E-state index in [-0.39, 0.29) is 5.92 Å². The molecule has 0 aliphatic rings. The summed E-state index contributed by atoms with van der Waals surface area (Å²) in [6, 6.07) is 1.86. The Kier molecular flexibility index (Phi) is 3.99. The minimum atomic E-state index is 0.276. The summed E-state index contributed by atoms with van der Waals surface area (Å²) in [7, 11) is 1.84. The Morgan fingerprint density at radius 1 is 1.26 bits per heavy atom. The summed E-state index contributed by atoms with van der Waals surface area (Å²) in [4.78, 5) is 13.0. The van der Waals surface area contributed by atoms with Gasteiger partial charge in [0.15, 0.2) is 0 Å². The maximum atomic E-state index is 5.41. The third-order valence-corrected chi connectivity index (χ3v) is 2.61. The van der Waals surface area contributed by atoms with Crippen molar-refractivity contribution < 1.29 is 4.42 Å². The van der Waals surface area contributed by atoms with Crippen molar-refractivity contribution in [2.75, 3.05) is 17.7 Å². The summed E-state index contributed by atoms with van der Waals surface area (Å²) >= 11 is 0. The largest absolute Gasteiger partial charge is 0.444 e. The monoisotopic (exact) mass is 261 g/mol. The molecule has 102 valence electrons. The average Bonchev–Trinajstić information content (AvgIpc) is 2.81. The third kappa shape index (κ3) is 3.43. The van der Waals surface area contributed by atoms with Gasteiger partial charge in [0.05, 0.1) is 12.7 Å². The van der Waals surface area contributed by atoms with Crippen LogP contribution in [0.1, 0.15) is 37.2 Å². The number of hydrogen-bond donors (Lipinski definition) is 2. The zero-order valence-corrected chi connectivity index (χ0v) is 11.7. The lowest BCUT2D eigenvalue weighted by atomic mass is 10.2. The van der Waals surface area contributed by atoms with Crippen molar-refractivity contribution in [1.82, 2.24) is 15.0 Å². The lowest BCUT2D eigenvalue weighted by molar-refractivity contribution is 0.478. The smallest absolute Gasteiger partial charge is 0.213 e. The van der Waals surface area contributed by atoms with Crippen LogP contribution in [0.3, 0.4) is 0 Å². The van der Waals surface area contributed by atoms with Gasteiger partial charge in [-0.3, -0.25) is 0 Å². The van der Waals surface area contributed by atoms with Gasteiger partial charge in [-0.15, -0.1) is 0 Å². The molecule has 0 fully saturated rings. The molecule has 0 aliphatic heterocycles. The normalized spacial score (nSPS) is 10.8. The van der Waals surface area contributed by atoms with Crippen LogP contribution in [-0.4, -0.2) is 22.0 Å². The second-order valence-corrected chi connectivity index (χ2v) is 4.62. The molecule has 2 aromatic heterocycles. The molecule has 6 nitrogen and oxygen atoms in total. The first kappa shape index (κ1) is 13.3. The van der Waals surface area contributed by atoms with Crippen LogP contribution in [-0.2, 0) is 6.54 Å². The van der Waals surface area contributed by atoms with Crippen LogP contribution in [0.4, 0.5) is 11.6 Å². The van der Waals surface area contributed by atoms with Gasteiger partial charge in [-0.05, 0) is 6.92 Å². The van der Waals surface area contributed by atoms with Crippen LogP contribution < -0.4 is 10.6 Å². The fraction of sp³-hybridized carbons (Fsp3) is 0.462. The quantitative estimate of drug-likeness (QED) is 0.861. The van der Waals surface area contributed by atoms with Gasteiger partial charge in [0.1, 0.15) is 23.2 Å². The number of rotatable bonds is 5. The fourth-order valence-corrected chi connectivity index (χ4v) is 1.59. The van der Waals surface area contributed by atoms with Gasteiger partial charge >= 0.3 is 0 Å². The SMILES string of the molecule is CNc1cc(NCc2ncc(C)o2)nc(C(C)C)n1. The van der Waals surface area contributed by atoms with E-state index in [4.69, 9.17) is 4.42 Å². The molecule has 2 rings (SSSR count). The third-order valence-electron chi connectivity index (χ3n) is 2.61. The van der Waals surface area contributed by atoms with Crippen molar-refractivity contribution in [2.45, 2.75) is 33.2 Å². The van der Waals surface area contributed by atoms with Crippen molar-refractivity contribution in [3.05, 3.63) is 29.7 Å². The number of aromatic nitrogens is 3. The van der Waals surface area contributed by atoms with Crippen LogP contribution >= 0.6 is 0 Å². The molecule has 0 bridgehead atoms. The van der Waals surface area contributed by atoms with Crippen molar-refractivity contribution in [2.24, 2.45) is 0 Å². The second kappa shape index (κ2) is 5.69. The molecule has 2 aromatic rings. The molecule has 0 radical (unpaired) electrons. The summed E-state index contributed by atoms with van der Waals surface area (Å²) in [5, 5.41) is 6.23. The van der Waals surface area contributed by atoms with Crippen LogP contribution in [0.5, 0.6) is 0 Å². The zero-order chi connectivity index (χ0) is 13.8. The van der Waals surface area contributed by atoms with Crippen molar-refractivity contribution in [3.63, 3.8) is 0 Å². The van der Waals surface area contributed by atoms with Crippen molar-refractivity contribution in [3.8, 4) is 0 Å². The predicted molar refractivity (Wildman–Crippen MR) is 74.2 cm³/mol. The molecule has 0 spiro atoms. The molecule has 19 heavy (non-hydrogen) atoms. The minimum Gasteiger partial charge on any atom is -0.444 e. The molecule has 6 heteroatoms. The number of aryl methyl sites for hydroxylation is 1. The Hall–Kier alpha value is -2.11. The van der Waals surface area contributed by atoms with Crippen LogP contribution in [0.15, 0.2) is 16.7 Å². The van der Waals surface area contributed by atoms with Gasteiger partial charge in [0, 0.05) is 19.0 Å². The van der Waals surface area contributed by atoms with E-state index >= 15 is 0 Å². The van der Waals surface area contributed by atoms with E-state index in [2.05, 4.69) is 39.4 Å². The molecular weight excluding hydrogens is 242 g/mol. The Morgan fingerprint density at radius 2 is 2.00 bits per heavy atom. The lowest BCUT2D eigenvalue weighted by Gasteiger charge is -2.10. The topological polar surface area (TPSA) is 75.9 Å². The van der Waals surface area contributed by atoms with Gasteiger partial charge in [-0.25, -0.2) is 15.0 Å². The standard InChI is InChI=1S/C13H19N5O/c1-8(2)13-17-10(14-4)5-11(18-13)15-7-12-16-6-9(3)19-12/h5-6,8H,7H2,1-4H3,(H2,14,15,17,18). The highest BCUT2D eigenvalue weighted by Gasteiger charge is 2.08. The number of nitrogens with zero attached hydrogens (tertiary/aromatic N) is 3. The highest BCUT2D eigenvalue weighted by Crippen LogP contribution is 2.17. The summed E-state index contributed by atoms with van der Waals surface area (Å²) in [5.41, 5.74) is 0. The summed E-state index contributed by atoms with van der Waals surface area (Å²) in [5.74, 6) is 4.09. The van der Waals surface area contributed by atoms with Crippen LogP contribution in [0.25, 0.3) is 0 Å². The summed E-state index contributed by atoms with van der Waals surface area (Å²) in [6.45, 7) is 6.51. The van der Waals surface area contributed by atoms with Crippen LogP contribution in [0, 0.1) is 6.92 Å². The highest BCUT2D eigenvalue weighted by atomic mass is 16.4. The fourth-order valence-electron chi connectivity index (χ4n) is 1.59. The number of oxazole rings is 1. The average molecular weight is 261 g/mol. The molecule has 0 aromatic carbocycles. The first-order valence-electron chi connectivity index (χ1n) is 6.30. The van der Waals surface area contributed by atoms with Gasteiger partial charge in [0.2, 0.25) is 5.89 Å². The van der Waals surface area contributed by atoms with Crippen LogP contribution in [0.2, 0.25) is 0 Å². The second-order valence-electron chi connectivity index (χ2n) is 4.62. The van der Waals surface area contributed by atoms with Crippen molar-refractivity contribution >= 4 is 11.6 Å². The number of hydrogen-bond acceptors (Lipinski definition) is 6. The van der Waals surface area contributed by atoms with E-state index in [0.717, 1.165) is 23.2 Å². The van der Waals surface area contributed by atoms with E-state index < -0.39 is 0 Å². The highest BCUT2D eigenvalue weighted by molar-refractivity contribution is 5.47. The van der Waals surface area contributed by atoms with E-state index in [1.807, 2.05) is 20.0 Å². The molecule has 0 aliphatic carbocycles. The molecule has 0 saturated carbocycles. The number of anilines is 2. The van der Waals surface area contributed by atoms with E-state index in [1.54, 1.807) is 6.20 Å². The van der Waals surface area contributed by atoms with Crippen molar-refractivity contribution in [1.29, 1.82) is 0 Å². The maximum Gasteiger partial charge on any atom is 0.213 e. The van der Waals surface area contributed by atoms with E-state index in [9.17, 15) is 0 Å². The molecule has 2 N–H and O–H groups in total. The lowest BCUT2D eigenvalue weighted by Crippen LogP contribution is -2.07. The Bertz CT molecular complexity index is 550. The van der Waals surface area contributed by atoms with E-state index in [0.29, 0.717) is 12.4 Å². The molecule has 2 heterocycles.